The summed E-state index contributed by atoms with van der Waals surface area (Å²) in [6.07, 6.45) is 4.19. The van der Waals surface area contributed by atoms with Crippen molar-refractivity contribution in [2.75, 3.05) is 7.11 Å². The van der Waals surface area contributed by atoms with Crippen molar-refractivity contribution in [3.05, 3.63) is 34.5 Å². The van der Waals surface area contributed by atoms with Gasteiger partial charge in [0.1, 0.15) is 6.33 Å². The van der Waals surface area contributed by atoms with Gasteiger partial charge in [-0.15, -0.1) is 0 Å². The summed E-state index contributed by atoms with van der Waals surface area (Å²) in [5, 5.41) is 4.31. The van der Waals surface area contributed by atoms with E-state index in [1.165, 1.54) is 6.33 Å². The number of aryl methyl sites for hydroxylation is 1. The number of nitrogens with zero attached hydrogens (tertiary/aromatic N) is 4. The first kappa shape index (κ1) is 14.0. The summed E-state index contributed by atoms with van der Waals surface area (Å²) in [6, 6.07) is 1.36. The number of aromatic nitrogens is 4. The monoisotopic (exact) mass is 325 g/mol. The molecular weight excluding hydrogens is 310 g/mol. The molecule has 1 atom stereocenters. The van der Waals surface area contributed by atoms with Crippen LogP contribution in [-0.4, -0.2) is 26.9 Å². The van der Waals surface area contributed by atoms with Crippen LogP contribution in [0.4, 0.5) is 0 Å². The molecule has 2 rings (SSSR count). The Labute approximate surface area is 120 Å². The summed E-state index contributed by atoms with van der Waals surface area (Å²) in [5.41, 5.74) is 7.88. The Hall–Kier alpha value is -1.47. The van der Waals surface area contributed by atoms with Crippen molar-refractivity contribution in [1.29, 1.82) is 0 Å². The molecule has 0 aliphatic carbocycles. The van der Waals surface area contributed by atoms with Crippen LogP contribution in [0, 0.1) is 0 Å². The van der Waals surface area contributed by atoms with Gasteiger partial charge in [-0.05, 0) is 22.4 Å². The van der Waals surface area contributed by atoms with Gasteiger partial charge < -0.3 is 10.5 Å². The minimum atomic E-state index is -0.375. The van der Waals surface area contributed by atoms with Crippen LogP contribution in [-0.2, 0) is 6.54 Å². The number of hydrogen-bond donors (Lipinski definition) is 1. The number of methoxy groups -OCH3 is 1. The maximum atomic E-state index is 6.28. The Morgan fingerprint density at radius 1 is 1.47 bits per heavy atom. The molecule has 2 aromatic heterocycles. The molecule has 102 valence electrons. The SMILES string of the molecule is CCCn1ncc(Br)c1C(N)c1cc(OC)ncn1. The molecule has 0 radical (unpaired) electrons. The van der Waals surface area contributed by atoms with Gasteiger partial charge in [0, 0.05) is 12.6 Å². The number of hydrogen-bond acceptors (Lipinski definition) is 5. The summed E-state index contributed by atoms with van der Waals surface area (Å²) >= 11 is 3.48. The third-order valence-corrected chi connectivity index (χ3v) is 3.37. The van der Waals surface area contributed by atoms with E-state index in [0.717, 1.165) is 23.1 Å². The smallest absolute Gasteiger partial charge is 0.216 e. The van der Waals surface area contributed by atoms with Gasteiger partial charge >= 0.3 is 0 Å². The Morgan fingerprint density at radius 3 is 2.95 bits per heavy atom. The molecule has 0 fully saturated rings. The van der Waals surface area contributed by atoms with Crippen molar-refractivity contribution in [2.24, 2.45) is 5.73 Å². The predicted octanol–water partition coefficient (Wildman–Crippen LogP) is 1.90. The van der Waals surface area contributed by atoms with E-state index in [9.17, 15) is 0 Å². The van der Waals surface area contributed by atoms with Crippen LogP contribution < -0.4 is 10.5 Å². The minimum Gasteiger partial charge on any atom is -0.481 e. The molecule has 0 aliphatic heterocycles. The van der Waals surface area contributed by atoms with Crippen LogP contribution in [0.5, 0.6) is 5.88 Å². The molecule has 2 heterocycles. The maximum Gasteiger partial charge on any atom is 0.216 e. The third kappa shape index (κ3) is 2.93. The van der Waals surface area contributed by atoms with Crippen LogP contribution in [0.1, 0.15) is 30.8 Å². The molecule has 0 amide bonds. The van der Waals surface area contributed by atoms with E-state index in [1.54, 1.807) is 19.4 Å². The molecule has 0 bridgehead atoms. The minimum absolute atomic E-state index is 0.375. The quantitative estimate of drug-likeness (QED) is 0.908. The lowest BCUT2D eigenvalue weighted by Crippen LogP contribution is -2.19. The highest BCUT2D eigenvalue weighted by atomic mass is 79.9. The van der Waals surface area contributed by atoms with E-state index < -0.39 is 0 Å². The van der Waals surface area contributed by atoms with Gasteiger partial charge in [0.25, 0.3) is 0 Å². The number of rotatable bonds is 5. The zero-order valence-corrected chi connectivity index (χ0v) is 12.5. The molecule has 0 aromatic carbocycles. The highest BCUT2D eigenvalue weighted by Gasteiger charge is 2.19. The summed E-state index contributed by atoms with van der Waals surface area (Å²) < 4.78 is 7.86. The van der Waals surface area contributed by atoms with E-state index in [-0.39, 0.29) is 6.04 Å². The molecule has 2 N–H and O–H groups in total. The summed E-state index contributed by atoms with van der Waals surface area (Å²) in [7, 11) is 1.56. The summed E-state index contributed by atoms with van der Waals surface area (Å²) in [4.78, 5) is 8.19. The average molecular weight is 326 g/mol. The van der Waals surface area contributed by atoms with Crippen LogP contribution in [0.25, 0.3) is 0 Å². The first-order valence-electron chi connectivity index (χ1n) is 6.00. The van der Waals surface area contributed by atoms with Gasteiger partial charge in [0.15, 0.2) is 0 Å². The zero-order chi connectivity index (χ0) is 13.8. The second-order valence-electron chi connectivity index (χ2n) is 4.06. The van der Waals surface area contributed by atoms with E-state index in [0.29, 0.717) is 11.6 Å². The lowest BCUT2D eigenvalue weighted by atomic mass is 10.1. The zero-order valence-electron chi connectivity index (χ0n) is 10.9. The summed E-state index contributed by atoms with van der Waals surface area (Å²) in [6.45, 7) is 2.91. The van der Waals surface area contributed by atoms with Crippen LogP contribution in [0.2, 0.25) is 0 Å². The third-order valence-electron chi connectivity index (χ3n) is 2.75. The lowest BCUT2D eigenvalue weighted by molar-refractivity contribution is 0.395. The normalized spacial score (nSPS) is 12.4. The van der Waals surface area contributed by atoms with Crippen molar-refractivity contribution in [1.82, 2.24) is 19.7 Å². The predicted molar refractivity (Wildman–Crippen MR) is 74.8 cm³/mol. The van der Waals surface area contributed by atoms with Gasteiger partial charge in [-0.1, -0.05) is 6.92 Å². The molecule has 0 saturated carbocycles. The number of nitrogens with two attached hydrogens (primary N) is 1. The molecule has 19 heavy (non-hydrogen) atoms. The van der Waals surface area contributed by atoms with Crippen molar-refractivity contribution < 1.29 is 4.74 Å². The van der Waals surface area contributed by atoms with E-state index in [2.05, 4.69) is 37.9 Å². The van der Waals surface area contributed by atoms with Gasteiger partial charge in [0.2, 0.25) is 5.88 Å². The van der Waals surface area contributed by atoms with Gasteiger partial charge in [-0.25, -0.2) is 9.97 Å². The molecule has 0 aliphatic rings. The Kier molecular flexibility index (Phi) is 4.49. The molecule has 0 spiro atoms. The standard InChI is InChI=1S/C12H16BrN5O/c1-3-4-18-12(8(13)6-17-18)11(14)9-5-10(19-2)16-7-15-9/h5-7,11H,3-4,14H2,1-2H3. The number of ether oxygens (including phenoxy) is 1. The molecule has 7 heteroatoms. The maximum absolute atomic E-state index is 6.28. The van der Waals surface area contributed by atoms with Gasteiger partial charge in [-0.2, -0.15) is 5.10 Å². The van der Waals surface area contributed by atoms with Gasteiger partial charge in [-0.3, -0.25) is 4.68 Å². The Balaban J connectivity index is 2.37. The Morgan fingerprint density at radius 2 is 2.26 bits per heavy atom. The first-order chi connectivity index (χ1) is 9.17. The van der Waals surface area contributed by atoms with Crippen molar-refractivity contribution in [3.63, 3.8) is 0 Å². The lowest BCUT2D eigenvalue weighted by Gasteiger charge is -2.14. The molecule has 1 unspecified atom stereocenters. The fourth-order valence-corrected chi connectivity index (χ4v) is 2.39. The Bertz CT molecular complexity index is 557. The van der Waals surface area contributed by atoms with Crippen LogP contribution >= 0.6 is 15.9 Å². The van der Waals surface area contributed by atoms with Gasteiger partial charge in [0.05, 0.1) is 35.2 Å². The number of halogens is 1. The highest BCUT2D eigenvalue weighted by Crippen LogP contribution is 2.26. The van der Waals surface area contributed by atoms with E-state index in [1.807, 2.05) is 4.68 Å². The molecule has 6 nitrogen and oxygen atoms in total. The fourth-order valence-electron chi connectivity index (χ4n) is 1.85. The molecule has 0 saturated heterocycles. The van der Waals surface area contributed by atoms with Crippen molar-refractivity contribution in [2.45, 2.75) is 25.9 Å². The highest BCUT2D eigenvalue weighted by molar-refractivity contribution is 9.10. The second kappa shape index (κ2) is 6.12. The topological polar surface area (TPSA) is 78.9 Å². The first-order valence-corrected chi connectivity index (χ1v) is 6.79. The second-order valence-corrected chi connectivity index (χ2v) is 4.92. The molecule has 2 aromatic rings. The van der Waals surface area contributed by atoms with E-state index >= 15 is 0 Å². The van der Waals surface area contributed by atoms with Crippen molar-refractivity contribution in [3.8, 4) is 5.88 Å². The van der Waals surface area contributed by atoms with Crippen LogP contribution in [0.3, 0.4) is 0 Å². The van der Waals surface area contributed by atoms with Crippen molar-refractivity contribution >= 4 is 15.9 Å². The largest absolute Gasteiger partial charge is 0.481 e. The average Bonchev–Trinajstić information content (AvgIpc) is 2.79. The summed E-state index contributed by atoms with van der Waals surface area (Å²) in [5.74, 6) is 0.498. The molecular formula is C12H16BrN5O. The fraction of sp³-hybridized carbons (Fsp3) is 0.417. The van der Waals surface area contributed by atoms with E-state index in [4.69, 9.17) is 10.5 Å². The van der Waals surface area contributed by atoms with Crippen LogP contribution in [0.15, 0.2) is 23.1 Å².